The summed E-state index contributed by atoms with van der Waals surface area (Å²) in [5.74, 6) is 0.161. The summed E-state index contributed by atoms with van der Waals surface area (Å²) < 4.78 is 0. The van der Waals surface area contributed by atoms with Crippen LogP contribution in [0.15, 0.2) is 0 Å². The van der Waals surface area contributed by atoms with Crippen molar-refractivity contribution in [3.8, 4) is 0 Å². The molecule has 2 rings (SSSR count). The van der Waals surface area contributed by atoms with Crippen molar-refractivity contribution in [2.45, 2.75) is 70.5 Å². The molecule has 2 unspecified atom stereocenters. The van der Waals surface area contributed by atoms with Gasteiger partial charge < -0.3 is 15.5 Å². The Morgan fingerprint density at radius 2 is 2.11 bits per heavy atom. The Labute approximate surface area is 117 Å². The monoisotopic (exact) mass is 267 g/mol. The highest BCUT2D eigenvalue weighted by molar-refractivity contribution is 5.81. The Balaban J connectivity index is 1.53. The van der Waals surface area contributed by atoms with Crippen molar-refractivity contribution in [3.63, 3.8) is 0 Å². The highest BCUT2D eigenvalue weighted by Crippen LogP contribution is 2.18. The molecule has 2 aliphatic rings. The van der Waals surface area contributed by atoms with Crippen LogP contribution < -0.4 is 10.6 Å². The SMILES string of the molecule is CC(NCCCN1CCCCC1C)C(=O)NC1CC1. The smallest absolute Gasteiger partial charge is 0.237 e. The van der Waals surface area contributed by atoms with Gasteiger partial charge >= 0.3 is 0 Å². The van der Waals surface area contributed by atoms with Crippen LogP contribution in [0.5, 0.6) is 0 Å². The Hall–Kier alpha value is -0.610. The second-order valence-corrected chi connectivity index (χ2v) is 6.19. The number of carbonyl (C=O) groups excluding carboxylic acids is 1. The van der Waals surface area contributed by atoms with E-state index in [0.29, 0.717) is 6.04 Å². The lowest BCUT2D eigenvalue weighted by Gasteiger charge is -2.33. The summed E-state index contributed by atoms with van der Waals surface area (Å²) in [5.41, 5.74) is 0. The van der Waals surface area contributed by atoms with Crippen molar-refractivity contribution >= 4 is 5.91 Å². The molecule has 1 aliphatic heterocycles. The maximum atomic E-state index is 11.8. The number of nitrogens with one attached hydrogen (secondary N) is 2. The first-order valence-electron chi connectivity index (χ1n) is 7.94. The van der Waals surface area contributed by atoms with Crippen LogP contribution in [-0.2, 0) is 4.79 Å². The minimum absolute atomic E-state index is 0.0561. The van der Waals surface area contributed by atoms with Crippen molar-refractivity contribution in [2.24, 2.45) is 0 Å². The van der Waals surface area contributed by atoms with Crippen molar-refractivity contribution in [1.29, 1.82) is 0 Å². The lowest BCUT2D eigenvalue weighted by Crippen LogP contribution is -2.44. The number of amides is 1. The van der Waals surface area contributed by atoms with E-state index in [1.165, 1.54) is 25.8 Å². The van der Waals surface area contributed by atoms with Crippen LogP contribution in [0.3, 0.4) is 0 Å². The molecule has 0 bridgehead atoms. The fourth-order valence-corrected chi connectivity index (χ4v) is 2.74. The van der Waals surface area contributed by atoms with Crippen LogP contribution in [0.2, 0.25) is 0 Å². The number of nitrogens with zero attached hydrogens (tertiary/aromatic N) is 1. The van der Waals surface area contributed by atoms with Crippen molar-refractivity contribution < 1.29 is 4.79 Å². The van der Waals surface area contributed by atoms with Crippen LogP contribution in [0.1, 0.15) is 52.4 Å². The third-order valence-corrected chi connectivity index (χ3v) is 4.33. The molecule has 0 aromatic heterocycles. The van der Waals surface area contributed by atoms with Gasteiger partial charge in [-0.2, -0.15) is 0 Å². The summed E-state index contributed by atoms with van der Waals surface area (Å²) in [4.78, 5) is 14.3. The third kappa shape index (κ3) is 5.11. The number of hydrogen-bond acceptors (Lipinski definition) is 3. The molecule has 0 radical (unpaired) electrons. The van der Waals surface area contributed by atoms with Gasteiger partial charge in [-0.25, -0.2) is 0 Å². The normalized spacial score (nSPS) is 26.1. The van der Waals surface area contributed by atoms with Crippen LogP contribution in [0, 0.1) is 0 Å². The van der Waals surface area contributed by atoms with Gasteiger partial charge in [-0.3, -0.25) is 4.79 Å². The molecule has 110 valence electrons. The van der Waals surface area contributed by atoms with Gasteiger partial charge in [0.2, 0.25) is 5.91 Å². The number of rotatable bonds is 7. The second-order valence-electron chi connectivity index (χ2n) is 6.19. The van der Waals surface area contributed by atoms with E-state index in [2.05, 4.69) is 22.5 Å². The van der Waals surface area contributed by atoms with Gasteiger partial charge in [0.05, 0.1) is 6.04 Å². The van der Waals surface area contributed by atoms with E-state index in [-0.39, 0.29) is 11.9 Å². The molecule has 4 nitrogen and oxygen atoms in total. The molecule has 0 spiro atoms. The van der Waals surface area contributed by atoms with Crippen molar-refractivity contribution in [1.82, 2.24) is 15.5 Å². The number of hydrogen-bond donors (Lipinski definition) is 2. The molecule has 1 saturated heterocycles. The molecule has 2 fully saturated rings. The van der Waals surface area contributed by atoms with Crippen LogP contribution >= 0.6 is 0 Å². The first-order valence-corrected chi connectivity index (χ1v) is 7.94. The third-order valence-electron chi connectivity index (χ3n) is 4.33. The molecule has 4 heteroatoms. The zero-order chi connectivity index (χ0) is 13.7. The standard InChI is InChI=1S/C15H29N3O/c1-12-6-3-4-10-18(12)11-5-9-16-13(2)15(19)17-14-7-8-14/h12-14,16H,3-11H2,1-2H3,(H,17,19). The number of carbonyl (C=O) groups is 1. The summed E-state index contributed by atoms with van der Waals surface area (Å²) in [6.45, 7) is 7.63. The van der Waals surface area contributed by atoms with E-state index < -0.39 is 0 Å². The van der Waals surface area contributed by atoms with Gasteiger partial charge in [-0.05, 0) is 65.6 Å². The van der Waals surface area contributed by atoms with Gasteiger partial charge in [0.15, 0.2) is 0 Å². The van der Waals surface area contributed by atoms with Gasteiger partial charge in [-0.1, -0.05) is 6.42 Å². The average Bonchev–Trinajstić information content (AvgIpc) is 3.20. The first kappa shape index (κ1) is 14.8. The van der Waals surface area contributed by atoms with Crippen LogP contribution in [0.25, 0.3) is 0 Å². The fourth-order valence-electron chi connectivity index (χ4n) is 2.74. The first-order chi connectivity index (χ1) is 9.16. The summed E-state index contributed by atoms with van der Waals surface area (Å²) in [6, 6.07) is 1.15. The van der Waals surface area contributed by atoms with Crippen LogP contribution in [0.4, 0.5) is 0 Å². The Morgan fingerprint density at radius 1 is 1.32 bits per heavy atom. The topological polar surface area (TPSA) is 44.4 Å². The van der Waals surface area contributed by atoms with Gasteiger partial charge in [-0.15, -0.1) is 0 Å². The molecule has 1 aliphatic carbocycles. The molecule has 1 saturated carbocycles. The molecule has 1 amide bonds. The van der Waals surface area contributed by atoms with E-state index in [0.717, 1.165) is 38.4 Å². The maximum absolute atomic E-state index is 11.8. The Morgan fingerprint density at radius 3 is 2.79 bits per heavy atom. The van der Waals surface area contributed by atoms with E-state index >= 15 is 0 Å². The summed E-state index contributed by atoms with van der Waals surface area (Å²) in [5, 5.41) is 6.37. The highest BCUT2D eigenvalue weighted by Gasteiger charge is 2.25. The molecular weight excluding hydrogens is 238 g/mol. The number of likely N-dealkylation sites (tertiary alicyclic amines) is 1. The average molecular weight is 267 g/mol. The number of piperidine rings is 1. The fraction of sp³-hybridized carbons (Fsp3) is 0.933. The maximum Gasteiger partial charge on any atom is 0.237 e. The summed E-state index contributed by atoms with van der Waals surface area (Å²) >= 11 is 0. The molecule has 19 heavy (non-hydrogen) atoms. The quantitative estimate of drug-likeness (QED) is 0.687. The Kier molecular flexibility index (Phi) is 5.64. The molecule has 2 atom stereocenters. The molecule has 2 N–H and O–H groups in total. The predicted molar refractivity (Wildman–Crippen MR) is 78.1 cm³/mol. The Bertz CT molecular complexity index is 291. The second kappa shape index (κ2) is 7.25. The zero-order valence-electron chi connectivity index (χ0n) is 12.5. The molecule has 0 aromatic carbocycles. The minimum Gasteiger partial charge on any atom is -0.352 e. The largest absolute Gasteiger partial charge is 0.352 e. The van der Waals surface area contributed by atoms with Gasteiger partial charge in [0.1, 0.15) is 0 Å². The van der Waals surface area contributed by atoms with Crippen LogP contribution in [-0.4, -0.2) is 48.6 Å². The molecule has 0 aromatic rings. The summed E-state index contributed by atoms with van der Waals surface area (Å²) in [6.07, 6.45) is 7.52. The highest BCUT2D eigenvalue weighted by atomic mass is 16.2. The lowest BCUT2D eigenvalue weighted by molar-refractivity contribution is -0.122. The lowest BCUT2D eigenvalue weighted by atomic mass is 10.0. The van der Waals surface area contributed by atoms with E-state index in [1.807, 2.05) is 6.92 Å². The van der Waals surface area contributed by atoms with E-state index in [4.69, 9.17) is 0 Å². The van der Waals surface area contributed by atoms with E-state index in [1.54, 1.807) is 0 Å². The minimum atomic E-state index is -0.0561. The zero-order valence-corrected chi connectivity index (χ0v) is 12.5. The molecular formula is C15H29N3O. The van der Waals surface area contributed by atoms with E-state index in [9.17, 15) is 4.79 Å². The predicted octanol–water partition coefficient (Wildman–Crippen LogP) is 1.51. The van der Waals surface area contributed by atoms with Crippen molar-refractivity contribution in [3.05, 3.63) is 0 Å². The summed E-state index contributed by atoms with van der Waals surface area (Å²) in [7, 11) is 0. The van der Waals surface area contributed by atoms with Crippen molar-refractivity contribution in [2.75, 3.05) is 19.6 Å². The van der Waals surface area contributed by atoms with Gasteiger partial charge in [0, 0.05) is 12.1 Å². The molecule has 1 heterocycles. The van der Waals surface area contributed by atoms with Gasteiger partial charge in [0.25, 0.3) is 0 Å².